The van der Waals surface area contributed by atoms with Gasteiger partial charge in [0.1, 0.15) is 0 Å². The molecule has 3 rings (SSSR count). The van der Waals surface area contributed by atoms with Crippen LogP contribution in [0.3, 0.4) is 0 Å². The molecule has 1 aliphatic carbocycles. The summed E-state index contributed by atoms with van der Waals surface area (Å²) in [6.45, 7) is 0. The topological polar surface area (TPSA) is 32.3 Å². The molecule has 1 saturated carbocycles. The lowest BCUT2D eigenvalue weighted by Gasteiger charge is -2.40. The molecular weight excluding hydrogens is 272 g/mol. The summed E-state index contributed by atoms with van der Waals surface area (Å²) in [6, 6.07) is 18.1. The molecule has 3 heteroatoms. The average molecular weight is 294 g/mol. The fraction of sp³-hybridized carbons (Fsp3) is 0.316. The van der Waals surface area contributed by atoms with Crippen LogP contribution >= 0.6 is 0 Å². The monoisotopic (exact) mass is 294 g/mol. The van der Waals surface area contributed by atoms with Gasteiger partial charge in [-0.25, -0.2) is 0 Å². The summed E-state index contributed by atoms with van der Waals surface area (Å²) in [7, 11) is 4.01. The van der Waals surface area contributed by atoms with Gasteiger partial charge in [0.2, 0.25) is 5.91 Å². The maximum Gasteiger partial charge on any atom is 0.235 e. The normalized spacial score (nSPS) is 15.7. The summed E-state index contributed by atoms with van der Waals surface area (Å²) >= 11 is 0. The lowest BCUT2D eigenvalue weighted by Crippen LogP contribution is -2.45. The molecule has 2 aromatic rings. The van der Waals surface area contributed by atoms with Crippen LogP contribution in [-0.4, -0.2) is 20.0 Å². The molecule has 0 aromatic heterocycles. The van der Waals surface area contributed by atoms with E-state index in [4.69, 9.17) is 0 Å². The van der Waals surface area contributed by atoms with Gasteiger partial charge < -0.3 is 10.2 Å². The Morgan fingerprint density at radius 2 is 1.64 bits per heavy atom. The maximum atomic E-state index is 12.8. The molecule has 1 fully saturated rings. The second-order valence-electron chi connectivity index (χ2n) is 6.20. The van der Waals surface area contributed by atoms with Crippen molar-refractivity contribution in [3.8, 4) is 0 Å². The van der Waals surface area contributed by atoms with E-state index in [1.54, 1.807) is 0 Å². The Kier molecular flexibility index (Phi) is 3.88. The largest absolute Gasteiger partial charge is 0.378 e. The fourth-order valence-electron chi connectivity index (χ4n) is 3.03. The molecule has 3 nitrogen and oxygen atoms in total. The molecule has 0 spiro atoms. The minimum atomic E-state index is -0.346. The van der Waals surface area contributed by atoms with E-state index >= 15 is 0 Å². The second kappa shape index (κ2) is 5.84. The third-order valence-electron chi connectivity index (χ3n) is 4.61. The number of carbonyl (C=O) groups excluding carboxylic acids is 1. The Bertz CT molecular complexity index is 643. The predicted molar refractivity (Wildman–Crippen MR) is 91.4 cm³/mol. The number of rotatable bonds is 4. The van der Waals surface area contributed by atoms with Crippen molar-refractivity contribution in [2.75, 3.05) is 24.3 Å². The van der Waals surface area contributed by atoms with E-state index in [0.717, 1.165) is 36.2 Å². The van der Waals surface area contributed by atoms with Gasteiger partial charge in [-0.3, -0.25) is 4.79 Å². The number of hydrogen-bond acceptors (Lipinski definition) is 2. The van der Waals surface area contributed by atoms with Crippen LogP contribution in [0.1, 0.15) is 24.8 Å². The number of nitrogens with one attached hydrogen (secondary N) is 1. The molecule has 0 heterocycles. The lowest BCUT2D eigenvalue weighted by molar-refractivity contribution is -0.124. The molecule has 0 saturated heterocycles. The number of carbonyl (C=O) groups is 1. The third kappa shape index (κ3) is 2.59. The smallest absolute Gasteiger partial charge is 0.235 e. The molecule has 114 valence electrons. The number of anilines is 2. The second-order valence-corrected chi connectivity index (χ2v) is 6.20. The van der Waals surface area contributed by atoms with Crippen LogP contribution < -0.4 is 10.2 Å². The van der Waals surface area contributed by atoms with Crippen molar-refractivity contribution in [3.63, 3.8) is 0 Å². The van der Waals surface area contributed by atoms with Crippen LogP contribution in [0, 0.1) is 0 Å². The van der Waals surface area contributed by atoms with E-state index < -0.39 is 0 Å². The van der Waals surface area contributed by atoms with Gasteiger partial charge in [0.15, 0.2) is 0 Å². The van der Waals surface area contributed by atoms with Gasteiger partial charge in [-0.05, 0) is 42.7 Å². The van der Waals surface area contributed by atoms with Gasteiger partial charge in [-0.1, -0.05) is 36.8 Å². The van der Waals surface area contributed by atoms with Crippen LogP contribution in [0.4, 0.5) is 11.4 Å². The molecule has 0 aliphatic heterocycles. The molecule has 0 radical (unpaired) electrons. The third-order valence-corrected chi connectivity index (χ3v) is 4.61. The molecule has 0 unspecified atom stereocenters. The maximum absolute atomic E-state index is 12.8. The highest BCUT2D eigenvalue weighted by Crippen LogP contribution is 2.44. The van der Waals surface area contributed by atoms with Crippen molar-refractivity contribution in [2.45, 2.75) is 24.7 Å². The first kappa shape index (κ1) is 14.6. The lowest BCUT2D eigenvalue weighted by atomic mass is 9.64. The summed E-state index contributed by atoms with van der Waals surface area (Å²) in [5, 5.41) is 3.09. The number of hydrogen-bond donors (Lipinski definition) is 1. The molecule has 1 N–H and O–H groups in total. The summed E-state index contributed by atoms with van der Waals surface area (Å²) < 4.78 is 0. The van der Waals surface area contributed by atoms with Crippen LogP contribution in [-0.2, 0) is 10.2 Å². The summed E-state index contributed by atoms with van der Waals surface area (Å²) in [5.74, 6) is 0.113. The Labute approximate surface area is 132 Å². The molecule has 2 aromatic carbocycles. The van der Waals surface area contributed by atoms with Crippen molar-refractivity contribution in [1.82, 2.24) is 0 Å². The average Bonchev–Trinajstić information content (AvgIpc) is 2.48. The minimum absolute atomic E-state index is 0.113. The summed E-state index contributed by atoms with van der Waals surface area (Å²) in [6.07, 6.45) is 2.97. The van der Waals surface area contributed by atoms with E-state index in [0.29, 0.717) is 0 Å². The van der Waals surface area contributed by atoms with Crippen molar-refractivity contribution in [2.24, 2.45) is 0 Å². The first-order chi connectivity index (χ1) is 10.6. The molecule has 1 aliphatic rings. The molecular formula is C19H22N2O. The molecule has 1 amide bonds. The van der Waals surface area contributed by atoms with E-state index in [2.05, 4.69) is 17.4 Å². The Morgan fingerprint density at radius 3 is 2.14 bits per heavy atom. The van der Waals surface area contributed by atoms with Crippen molar-refractivity contribution >= 4 is 17.3 Å². The highest BCUT2D eigenvalue weighted by molar-refractivity contribution is 6.00. The van der Waals surface area contributed by atoms with Gasteiger partial charge in [0.05, 0.1) is 5.41 Å². The zero-order valence-corrected chi connectivity index (χ0v) is 13.2. The zero-order chi connectivity index (χ0) is 15.6. The molecule has 0 atom stereocenters. The Hall–Kier alpha value is -2.29. The van der Waals surface area contributed by atoms with Gasteiger partial charge in [-0.15, -0.1) is 0 Å². The standard InChI is InChI=1S/C19H22N2O/c1-21(2)17-11-9-16(10-12-17)20-18(22)19(13-6-14-19)15-7-4-3-5-8-15/h3-5,7-12H,6,13-14H2,1-2H3,(H,20,22). The summed E-state index contributed by atoms with van der Waals surface area (Å²) in [5.41, 5.74) is 2.77. The molecule has 22 heavy (non-hydrogen) atoms. The number of amides is 1. The van der Waals surface area contributed by atoms with Crippen molar-refractivity contribution < 1.29 is 4.79 Å². The highest BCUT2D eigenvalue weighted by Gasteiger charge is 2.45. The van der Waals surface area contributed by atoms with E-state index in [-0.39, 0.29) is 11.3 Å². The highest BCUT2D eigenvalue weighted by atomic mass is 16.2. The first-order valence-electron chi connectivity index (χ1n) is 7.76. The van der Waals surface area contributed by atoms with Crippen LogP contribution in [0.15, 0.2) is 54.6 Å². The first-order valence-corrected chi connectivity index (χ1v) is 7.76. The number of nitrogens with zero attached hydrogens (tertiary/aromatic N) is 1. The quantitative estimate of drug-likeness (QED) is 0.930. The van der Waals surface area contributed by atoms with Gasteiger partial charge in [0, 0.05) is 25.5 Å². The van der Waals surface area contributed by atoms with Crippen molar-refractivity contribution in [1.29, 1.82) is 0 Å². The van der Waals surface area contributed by atoms with Gasteiger partial charge >= 0.3 is 0 Å². The van der Waals surface area contributed by atoms with Crippen LogP contribution in [0.2, 0.25) is 0 Å². The SMILES string of the molecule is CN(C)c1ccc(NC(=O)C2(c3ccccc3)CCC2)cc1. The van der Waals surface area contributed by atoms with E-state index in [1.807, 2.05) is 61.5 Å². The summed E-state index contributed by atoms with van der Waals surface area (Å²) in [4.78, 5) is 14.9. The van der Waals surface area contributed by atoms with E-state index in [1.165, 1.54) is 0 Å². The van der Waals surface area contributed by atoms with Crippen LogP contribution in [0.5, 0.6) is 0 Å². The predicted octanol–water partition coefficient (Wildman–Crippen LogP) is 3.81. The van der Waals surface area contributed by atoms with Gasteiger partial charge in [0.25, 0.3) is 0 Å². The minimum Gasteiger partial charge on any atom is -0.378 e. The fourth-order valence-corrected chi connectivity index (χ4v) is 3.03. The van der Waals surface area contributed by atoms with Gasteiger partial charge in [-0.2, -0.15) is 0 Å². The Balaban J connectivity index is 1.78. The van der Waals surface area contributed by atoms with Crippen molar-refractivity contribution in [3.05, 3.63) is 60.2 Å². The molecule has 0 bridgehead atoms. The van der Waals surface area contributed by atoms with Crippen LogP contribution in [0.25, 0.3) is 0 Å². The zero-order valence-electron chi connectivity index (χ0n) is 13.2. The van der Waals surface area contributed by atoms with E-state index in [9.17, 15) is 4.79 Å². The Morgan fingerprint density at radius 1 is 1.00 bits per heavy atom. The number of benzene rings is 2.